The number of carbonyl (C=O) groups is 1. The second kappa shape index (κ2) is 9.93. The van der Waals surface area contributed by atoms with Crippen LogP contribution in [0.1, 0.15) is 30.7 Å². The van der Waals surface area contributed by atoms with E-state index in [1.165, 1.54) is 6.92 Å². The van der Waals surface area contributed by atoms with E-state index in [0.717, 1.165) is 11.5 Å². The third-order valence-electron chi connectivity index (χ3n) is 4.08. The number of aromatic nitrogens is 2. The summed E-state index contributed by atoms with van der Waals surface area (Å²) in [4.78, 5) is 17.5. The molecule has 0 atom stereocenters. The van der Waals surface area contributed by atoms with Crippen molar-refractivity contribution in [3.05, 3.63) is 46.7 Å². The SMILES string of the molecule is CCn1c(OCCOC(C)=O)cc(C(F)(F)F)nc1=Nc1ccc(C(F)(F)F)cc1C(F)(F)F. The van der Waals surface area contributed by atoms with E-state index in [-0.39, 0.29) is 19.2 Å². The van der Waals surface area contributed by atoms with Gasteiger partial charge in [-0.15, -0.1) is 0 Å². The van der Waals surface area contributed by atoms with Crippen LogP contribution in [0.2, 0.25) is 0 Å². The van der Waals surface area contributed by atoms with Crippen molar-refractivity contribution in [3.63, 3.8) is 0 Å². The van der Waals surface area contributed by atoms with Gasteiger partial charge in [-0.2, -0.15) is 39.5 Å². The predicted octanol–water partition coefficient (Wildman–Crippen LogP) is 5.13. The van der Waals surface area contributed by atoms with Crippen LogP contribution in [0.25, 0.3) is 0 Å². The van der Waals surface area contributed by atoms with Gasteiger partial charge in [-0.25, -0.2) is 9.98 Å². The largest absolute Gasteiger partial charge is 0.475 e. The molecule has 0 spiro atoms. The summed E-state index contributed by atoms with van der Waals surface area (Å²) in [6.07, 6.45) is -15.5. The molecule has 0 amide bonds. The van der Waals surface area contributed by atoms with Gasteiger partial charge >= 0.3 is 24.5 Å². The number of nitrogens with zero attached hydrogens (tertiary/aromatic N) is 3. The molecule has 0 radical (unpaired) electrons. The van der Waals surface area contributed by atoms with E-state index in [4.69, 9.17) is 4.74 Å². The van der Waals surface area contributed by atoms with E-state index in [0.29, 0.717) is 18.2 Å². The molecule has 0 saturated heterocycles. The summed E-state index contributed by atoms with van der Waals surface area (Å²) in [6.45, 7) is 1.54. The number of benzene rings is 1. The highest BCUT2D eigenvalue weighted by molar-refractivity contribution is 5.65. The summed E-state index contributed by atoms with van der Waals surface area (Å²) in [5, 5.41) is 0. The molecule has 0 fully saturated rings. The monoisotopic (exact) mass is 505 g/mol. The van der Waals surface area contributed by atoms with Gasteiger partial charge in [-0.3, -0.25) is 9.36 Å². The van der Waals surface area contributed by atoms with E-state index >= 15 is 0 Å². The molecular formula is C19H16F9N3O3. The Balaban J connectivity index is 2.72. The van der Waals surface area contributed by atoms with Crippen LogP contribution in [0, 0.1) is 0 Å². The minimum absolute atomic E-state index is 0.186. The first kappa shape index (κ1) is 27.0. The number of esters is 1. The second-order valence-electron chi connectivity index (χ2n) is 6.55. The van der Waals surface area contributed by atoms with E-state index in [1.807, 2.05) is 0 Å². The maximum absolute atomic E-state index is 13.4. The molecular weight excluding hydrogens is 489 g/mol. The first-order chi connectivity index (χ1) is 15.5. The zero-order valence-electron chi connectivity index (χ0n) is 17.4. The topological polar surface area (TPSA) is 65.7 Å². The van der Waals surface area contributed by atoms with Crippen molar-refractivity contribution in [3.8, 4) is 5.88 Å². The van der Waals surface area contributed by atoms with Crippen LogP contribution in [0.15, 0.2) is 29.3 Å². The fourth-order valence-electron chi connectivity index (χ4n) is 2.62. The lowest BCUT2D eigenvalue weighted by Crippen LogP contribution is -2.29. The molecule has 1 heterocycles. The van der Waals surface area contributed by atoms with Crippen molar-refractivity contribution < 1.29 is 53.8 Å². The zero-order chi connectivity index (χ0) is 25.9. The molecule has 1 aromatic carbocycles. The van der Waals surface area contributed by atoms with E-state index < -0.39 is 65.1 Å². The van der Waals surface area contributed by atoms with Crippen LogP contribution in [0.3, 0.4) is 0 Å². The van der Waals surface area contributed by atoms with Gasteiger partial charge in [0, 0.05) is 19.5 Å². The van der Waals surface area contributed by atoms with Gasteiger partial charge in [0.2, 0.25) is 5.62 Å². The summed E-state index contributed by atoms with van der Waals surface area (Å²) < 4.78 is 130. The standard InChI is InChI=1S/C19H16F9N3O3/c1-3-31-15(34-7-6-33-10(2)32)9-14(19(26,27)28)30-16(31)29-13-5-4-11(17(20,21)22)8-12(13)18(23,24)25/h4-5,8-9H,3,6-7H2,1-2H3. The number of rotatable bonds is 6. The summed E-state index contributed by atoms with van der Waals surface area (Å²) in [5.74, 6) is -1.20. The zero-order valence-corrected chi connectivity index (χ0v) is 17.4. The maximum atomic E-state index is 13.4. The van der Waals surface area contributed by atoms with E-state index in [2.05, 4.69) is 14.7 Å². The van der Waals surface area contributed by atoms with Gasteiger partial charge < -0.3 is 9.47 Å². The fraction of sp³-hybridized carbons (Fsp3) is 0.421. The first-order valence-electron chi connectivity index (χ1n) is 9.32. The summed E-state index contributed by atoms with van der Waals surface area (Å²) in [6, 6.07) is 0.968. The Labute approximate surface area is 185 Å². The molecule has 0 aliphatic carbocycles. The van der Waals surface area contributed by atoms with Crippen LogP contribution < -0.4 is 10.4 Å². The van der Waals surface area contributed by atoms with E-state index in [1.54, 1.807) is 0 Å². The number of halogens is 9. The van der Waals surface area contributed by atoms with Crippen LogP contribution in [-0.2, 0) is 34.6 Å². The van der Waals surface area contributed by atoms with Gasteiger partial charge in [0.25, 0.3) is 0 Å². The second-order valence-corrected chi connectivity index (χ2v) is 6.55. The minimum atomic E-state index is -5.30. The molecule has 0 aliphatic heterocycles. The lowest BCUT2D eigenvalue weighted by Gasteiger charge is -2.17. The molecule has 0 N–H and O–H groups in total. The quantitative estimate of drug-likeness (QED) is 0.310. The maximum Gasteiger partial charge on any atom is 0.433 e. The molecule has 0 aliphatic rings. The molecule has 1 aromatic heterocycles. The summed E-state index contributed by atoms with van der Waals surface area (Å²) in [7, 11) is 0. The van der Waals surface area contributed by atoms with Gasteiger partial charge in [0.05, 0.1) is 16.8 Å². The number of hydrogen-bond donors (Lipinski definition) is 0. The van der Waals surface area contributed by atoms with Crippen molar-refractivity contribution in [1.29, 1.82) is 0 Å². The Morgan fingerprint density at radius 2 is 1.62 bits per heavy atom. The lowest BCUT2D eigenvalue weighted by molar-refractivity contribution is -0.144. The molecule has 0 saturated carbocycles. The van der Waals surface area contributed by atoms with Crippen molar-refractivity contribution in [2.24, 2.45) is 4.99 Å². The highest BCUT2D eigenvalue weighted by Crippen LogP contribution is 2.40. The van der Waals surface area contributed by atoms with Crippen molar-refractivity contribution in [2.45, 2.75) is 38.9 Å². The molecule has 0 unspecified atom stereocenters. The Bertz CT molecular complexity index is 1100. The third-order valence-corrected chi connectivity index (χ3v) is 4.08. The molecule has 6 nitrogen and oxygen atoms in total. The van der Waals surface area contributed by atoms with Crippen LogP contribution in [0.4, 0.5) is 45.2 Å². The normalized spacial score (nSPS) is 13.2. The van der Waals surface area contributed by atoms with Gasteiger partial charge in [-0.05, 0) is 25.1 Å². The van der Waals surface area contributed by atoms with Gasteiger partial charge in [0.1, 0.15) is 13.2 Å². The van der Waals surface area contributed by atoms with Crippen LogP contribution in [0.5, 0.6) is 5.88 Å². The highest BCUT2D eigenvalue weighted by atomic mass is 19.4. The molecule has 2 rings (SSSR count). The Kier molecular flexibility index (Phi) is 7.88. The number of carbonyl (C=O) groups excluding carboxylic acids is 1. The average Bonchev–Trinajstić information content (AvgIpc) is 2.68. The van der Waals surface area contributed by atoms with E-state index in [9.17, 15) is 44.3 Å². The molecule has 15 heteroatoms. The minimum Gasteiger partial charge on any atom is -0.475 e. The molecule has 34 heavy (non-hydrogen) atoms. The Morgan fingerprint density at radius 1 is 0.971 bits per heavy atom. The van der Waals surface area contributed by atoms with Gasteiger partial charge in [-0.1, -0.05) is 0 Å². The Hall–Kier alpha value is -3.26. The molecule has 0 bridgehead atoms. The van der Waals surface area contributed by atoms with Crippen molar-refractivity contribution in [1.82, 2.24) is 9.55 Å². The van der Waals surface area contributed by atoms with Gasteiger partial charge in [0.15, 0.2) is 11.6 Å². The highest BCUT2D eigenvalue weighted by Gasteiger charge is 2.39. The number of ether oxygens (including phenoxy) is 2. The lowest BCUT2D eigenvalue weighted by atomic mass is 10.1. The smallest absolute Gasteiger partial charge is 0.433 e. The molecule has 2 aromatic rings. The molecule has 188 valence electrons. The Morgan fingerprint density at radius 3 is 2.12 bits per heavy atom. The summed E-state index contributed by atoms with van der Waals surface area (Å²) >= 11 is 0. The first-order valence-corrected chi connectivity index (χ1v) is 9.32. The van der Waals surface area contributed by atoms with Crippen LogP contribution >= 0.6 is 0 Å². The average molecular weight is 505 g/mol. The van der Waals surface area contributed by atoms with Crippen molar-refractivity contribution in [2.75, 3.05) is 13.2 Å². The van der Waals surface area contributed by atoms with Crippen molar-refractivity contribution >= 4 is 11.7 Å². The fourth-order valence-corrected chi connectivity index (χ4v) is 2.62. The number of hydrogen-bond acceptors (Lipinski definition) is 5. The summed E-state index contributed by atoms with van der Waals surface area (Å²) in [5.41, 5.74) is -6.99. The van der Waals surface area contributed by atoms with Crippen LogP contribution in [-0.4, -0.2) is 28.7 Å². The number of alkyl halides is 9. The predicted molar refractivity (Wildman–Crippen MR) is 96.7 cm³/mol. The third kappa shape index (κ3) is 6.87.